The van der Waals surface area contributed by atoms with E-state index in [2.05, 4.69) is 9.46 Å². The van der Waals surface area contributed by atoms with Crippen molar-refractivity contribution < 1.29 is 22.7 Å². The Morgan fingerprint density at radius 1 is 1.22 bits per heavy atom. The van der Waals surface area contributed by atoms with E-state index in [1.807, 2.05) is 4.90 Å². The molecule has 0 bridgehead atoms. The summed E-state index contributed by atoms with van der Waals surface area (Å²) in [6.07, 6.45) is 1.03. The van der Waals surface area contributed by atoms with Crippen LogP contribution in [0, 0.1) is 0 Å². The molecule has 0 atom stereocenters. The van der Waals surface area contributed by atoms with Crippen LogP contribution >= 0.6 is 0 Å². The van der Waals surface area contributed by atoms with Crippen molar-refractivity contribution in [1.82, 2.24) is 4.72 Å². The van der Waals surface area contributed by atoms with Crippen LogP contribution in [0.1, 0.15) is 19.8 Å². The van der Waals surface area contributed by atoms with Gasteiger partial charge in [-0.15, -0.1) is 0 Å². The number of nitrogens with zero attached hydrogens (tertiary/aromatic N) is 1. The number of hydrogen-bond acceptors (Lipinski definition) is 6. The summed E-state index contributed by atoms with van der Waals surface area (Å²) in [6.45, 7) is 2.75. The van der Waals surface area contributed by atoms with E-state index in [4.69, 9.17) is 0 Å². The summed E-state index contributed by atoms with van der Waals surface area (Å²) in [5.41, 5.74) is 0.877. The fourth-order valence-corrected chi connectivity index (χ4v) is 3.27. The lowest BCUT2D eigenvalue weighted by Gasteiger charge is -2.28. The van der Waals surface area contributed by atoms with Crippen LogP contribution < -0.4 is 9.62 Å². The minimum absolute atomic E-state index is 0.0821. The zero-order valence-corrected chi connectivity index (χ0v) is 13.8. The van der Waals surface area contributed by atoms with E-state index in [0.717, 1.165) is 5.69 Å². The van der Waals surface area contributed by atoms with Crippen molar-refractivity contribution in [1.29, 1.82) is 0 Å². The molecule has 1 aromatic rings. The van der Waals surface area contributed by atoms with Crippen LogP contribution in [-0.4, -0.2) is 46.4 Å². The molecule has 0 aromatic heterocycles. The number of sulfonamides is 1. The second kappa shape index (κ2) is 7.56. The van der Waals surface area contributed by atoms with E-state index >= 15 is 0 Å². The highest BCUT2D eigenvalue weighted by atomic mass is 32.2. The Bertz CT molecular complexity index is 660. The van der Waals surface area contributed by atoms with Gasteiger partial charge in [-0.05, 0) is 31.2 Å². The maximum absolute atomic E-state index is 12.1. The van der Waals surface area contributed by atoms with E-state index in [9.17, 15) is 18.0 Å². The lowest BCUT2D eigenvalue weighted by molar-refractivity contribution is -0.141. The van der Waals surface area contributed by atoms with Crippen LogP contribution in [0.4, 0.5) is 5.69 Å². The summed E-state index contributed by atoms with van der Waals surface area (Å²) in [5, 5.41) is 0. The Balaban J connectivity index is 2.00. The van der Waals surface area contributed by atoms with E-state index in [1.54, 1.807) is 19.1 Å². The molecular formula is C15H20N2O5S. The van der Waals surface area contributed by atoms with Gasteiger partial charge < -0.3 is 9.64 Å². The van der Waals surface area contributed by atoms with Gasteiger partial charge in [-0.1, -0.05) is 0 Å². The number of ether oxygens (including phenoxy) is 1. The van der Waals surface area contributed by atoms with Crippen molar-refractivity contribution in [2.45, 2.75) is 24.7 Å². The van der Waals surface area contributed by atoms with Crippen LogP contribution in [0.5, 0.6) is 0 Å². The zero-order valence-electron chi connectivity index (χ0n) is 12.9. The highest BCUT2D eigenvalue weighted by molar-refractivity contribution is 7.89. The third-order valence-electron chi connectivity index (χ3n) is 3.55. The van der Waals surface area contributed by atoms with Crippen molar-refractivity contribution in [3.05, 3.63) is 24.3 Å². The molecule has 1 saturated heterocycles. The first kappa shape index (κ1) is 17.4. The third-order valence-corrected chi connectivity index (χ3v) is 4.96. The van der Waals surface area contributed by atoms with E-state index in [1.165, 1.54) is 12.1 Å². The molecule has 7 nitrogen and oxygen atoms in total. The van der Waals surface area contributed by atoms with Crippen LogP contribution in [0.25, 0.3) is 0 Å². The first-order valence-corrected chi connectivity index (χ1v) is 8.92. The quantitative estimate of drug-likeness (QED) is 0.766. The highest BCUT2D eigenvalue weighted by Crippen LogP contribution is 2.20. The van der Waals surface area contributed by atoms with Crippen LogP contribution in [-0.2, 0) is 24.3 Å². The molecule has 1 N–H and O–H groups in total. The van der Waals surface area contributed by atoms with Crippen LogP contribution in [0.15, 0.2) is 29.2 Å². The second-order valence-corrected chi connectivity index (χ2v) is 6.92. The zero-order chi connectivity index (χ0) is 16.9. The van der Waals surface area contributed by atoms with Gasteiger partial charge in [0.05, 0.1) is 11.5 Å². The molecule has 0 unspecified atom stereocenters. The lowest BCUT2D eigenvalue weighted by Crippen LogP contribution is -2.33. The molecule has 1 aromatic carbocycles. The van der Waals surface area contributed by atoms with Crippen molar-refractivity contribution in [3.8, 4) is 0 Å². The average Bonchev–Trinajstić information content (AvgIpc) is 2.54. The van der Waals surface area contributed by atoms with Crippen molar-refractivity contribution in [2.75, 3.05) is 31.1 Å². The van der Waals surface area contributed by atoms with Gasteiger partial charge in [-0.2, -0.15) is 4.72 Å². The summed E-state index contributed by atoms with van der Waals surface area (Å²) >= 11 is 0. The first-order valence-electron chi connectivity index (χ1n) is 7.44. The summed E-state index contributed by atoms with van der Waals surface area (Å²) < 4.78 is 31.1. The third kappa shape index (κ3) is 4.77. The van der Waals surface area contributed by atoms with Gasteiger partial charge in [-0.25, -0.2) is 8.42 Å². The molecule has 0 radical (unpaired) electrons. The van der Waals surface area contributed by atoms with E-state index < -0.39 is 22.5 Å². The Morgan fingerprint density at radius 2 is 1.83 bits per heavy atom. The van der Waals surface area contributed by atoms with Crippen molar-refractivity contribution >= 4 is 27.5 Å². The standard InChI is InChI=1S/C15H20N2O5S/c1-2-22-15(19)11-16-23(20,21)14-5-3-12(4-6-14)17-9-7-13(18)8-10-17/h3-6,16H,2,7-11H2,1H3. The van der Waals surface area contributed by atoms with E-state index in [-0.39, 0.29) is 17.3 Å². The Labute approximate surface area is 135 Å². The largest absolute Gasteiger partial charge is 0.465 e. The molecule has 1 heterocycles. The molecule has 8 heteroatoms. The van der Waals surface area contributed by atoms with Crippen molar-refractivity contribution in [2.24, 2.45) is 0 Å². The number of piperidine rings is 1. The lowest BCUT2D eigenvalue weighted by atomic mass is 10.1. The van der Waals surface area contributed by atoms with Crippen molar-refractivity contribution in [3.63, 3.8) is 0 Å². The van der Waals surface area contributed by atoms with Gasteiger partial charge >= 0.3 is 5.97 Å². The Kier molecular flexibility index (Phi) is 5.73. The maximum Gasteiger partial charge on any atom is 0.321 e. The van der Waals surface area contributed by atoms with Gasteiger partial charge in [0.1, 0.15) is 12.3 Å². The number of ketones is 1. The summed E-state index contributed by atoms with van der Waals surface area (Å²) in [7, 11) is -3.75. The SMILES string of the molecule is CCOC(=O)CNS(=O)(=O)c1ccc(N2CCC(=O)CC2)cc1. The number of hydrogen-bond donors (Lipinski definition) is 1. The minimum Gasteiger partial charge on any atom is -0.465 e. The molecule has 1 fully saturated rings. The van der Waals surface area contributed by atoms with Gasteiger partial charge in [0.25, 0.3) is 0 Å². The molecule has 126 valence electrons. The van der Waals surface area contributed by atoms with Gasteiger partial charge in [0.2, 0.25) is 10.0 Å². The molecule has 0 amide bonds. The number of benzene rings is 1. The van der Waals surface area contributed by atoms with E-state index in [0.29, 0.717) is 25.9 Å². The summed E-state index contributed by atoms with van der Waals surface area (Å²) in [6, 6.07) is 6.38. The predicted octanol–water partition coefficient (Wildman–Crippen LogP) is 0.697. The molecule has 0 spiro atoms. The normalized spacial score (nSPS) is 15.5. The summed E-state index contributed by atoms with van der Waals surface area (Å²) in [4.78, 5) is 24.6. The highest BCUT2D eigenvalue weighted by Gasteiger charge is 2.19. The molecule has 23 heavy (non-hydrogen) atoms. The number of carbonyl (C=O) groups excluding carboxylic acids is 2. The topological polar surface area (TPSA) is 92.8 Å². The van der Waals surface area contributed by atoms with Gasteiger partial charge in [0, 0.05) is 31.6 Å². The number of anilines is 1. The molecular weight excluding hydrogens is 320 g/mol. The number of Topliss-reactive ketones (excluding diaryl/α,β-unsaturated/α-hetero) is 1. The smallest absolute Gasteiger partial charge is 0.321 e. The Hall–Kier alpha value is -1.93. The van der Waals surface area contributed by atoms with Crippen LogP contribution in [0.2, 0.25) is 0 Å². The Morgan fingerprint density at radius 3 is 2.39 bits per heavy atom. The molecule has 1 aliphatic rings. The fraction of sp³-hybridized carbons (Fsp3) is 0.467. The molecule has 0 saturated carbocycles. The maximum atomic E-state index is 12.1. The predicted molar refractivity (Wildman–Crippen MR) is 84.7 cm³/mol. The summed E-state index contributed by atoms with van der Waals surface area (Å²) in [5.74, 6) is -0.366. The fourth-order valence-electron chi connectivity index (χ4n) is 2.30. The number of esters is 1. The molecule has 1 aliphatic heterocycles. The number of rotatable bonds is 6. The second-order valence-electron chi connectivity index (χ2n) is 5.15. The van der Waals surface area contributed by atoms with Gasteiger partial charge in [0.15, 0.2) is 0 Å². The van der Waals surface area contributed by atoms with Crippen LogP contribution in [0.3, 0.4) is 0 Å². The molecule has 0 aliphatic carbocycles. The average molecular weight is 340 g/mol. The number of carbonyl (C=O) groups is 2. The first-order chi connectivity index (χ1) is 10.9. The number of nitrogens with one attached hydrogen (secondary N) is 1. The van der Waals surface area contributed by atoms with Gasteiger partial charge in [-0.3, -0.25) is 9.59 Å². The molecule has 2 rings (SSSR count). The monoisotopic (exact) mass is 340 g/mol. The minimum atomic E-state index is -3.75.